The van der Waals surface area contributed by atoms with Gasteiger partial charge in [0.15, 0.2) is 6.61 Å². The van der Waals surface area contributed by atoms with Gasteiger partial charge in [0.2, 0.25) is 11.8 Å². The van der Waals surface area contributed by atoms with Gasteiger partial charge in [0.1, 0.15) is 5.75 Å². The number of nitrogens with one attached hydrogen (secondary N) is 2. The average molecular weight is 603 g/mol. The highest BCUT2D eigenvalue weighted by Gasteiger charge is 2.36. The number of nitrogens with two attached hydrogens (primary N) is 1. The maximum absolute atomic E-state index is 12.8. The van der Waals surface area contributed by atoms with Crippen LogP contribution in [-0.2, 0) is 28.6 Å². The van der Waals surface area contributed by atoms with Crippen LogP contribution in [0.15, 0.2) is 30.5 Å². The number of ether oxygens (including phenoxy) is 4. The van der Waals surface area contributed by atoms with Gasteiger partial charge in [-0.3, -0.25) is 24.2 Å². The molecule has 16 heteroatoms. The Morgan fingerprint density at radius 2 is 1.72 bits per heavy atom. The number of rotatable bonds is 19. The van der Waals surface area contributed by atoms with Crippen molar-refractivity contribution in [3.05, 3.63) is 36.0 Å². The van der Waals surface area contributed by atoms with Crippen LogP contribution in [-0.4, -0.2) is 123 Å². The Kier molecular flexibility index (Phi) is 14.1. The summed E-state index contributed by atoms with van der Waals surface area (Å²) in [5, 5.41) is 24.7. The molecule has 4 amide bonds. The summed E-state index contributed by atoms with van der Waals surface area (Å²) >= 11 is 0. The predicted octanol–water partition coefficient (Wildman–Crippen LogP) is -1.61. The van der Waals surface area contributed by atoms with Crippen LogP contribution in [0.5, 0.6) is 5.75 Å². The number of fused-ring (bicyclic) bond motifs is 1. The highest BCUT2D eigenvalue weighted by Crippen LogP contribution is 2.22. The molecule has 1 fully saturated rings. The lowest BCUT2D eigenvalue weighted by Crippen LogP contribution is -2.48. The fraction of sp³-hybridized carbons (Fsp3) is 0.519. The van der Waals surface area contributed by atoms with E-state index in [4.69, 9.17) is 24.7 Å². The number of hydrogen-bond acceptors (Lipinski definition) is 11. The molecular weight excluding hydrogens is 565 g/mol. The standard InChI is InChI=1S/C27H38BN5O10/c29-24(34)6-10-40-12-14-42-15-13-41-11-8-31-25(35)18-43-19-3-4-20-21(5-7-30-22(20)16-19)27(37)32-17-26(36)33-9-1-2-23(33)28(38)39/h3-5,7,16,23,38-39H,1-2,6,8-15,17-18H2,(H2,29,34)(H,31,35)(H,32,37)/t23-/m0/s1. The first-order chi connectivity index (χ1) is 20.8. The van der Waals surface area contributed by atoms with Gasteiger partial charge in [0.05, 0.1) is 63.2 Å². The van der Waals surface area contributed by atoms with E-state index in [1.807, 2.05) is 0 Å². The maximum atomic E-state index is 12.8. The Hall–Kier alpha value is -3.83. The van der Waals surface area contributed by atoms with Gasteiger partial charge in [-0.05, 0) is 31.0 Å². The molecule has 0 aliphatic carbocycles. The molecule has 234 valence electrons. The molecule has 1 aromatic heterocycles. The highest BCUT2D eigenvalue weighted by molar-refractivity contribution is 6.43. The fourth-order valence-electron chi connectivity index (χ4n) is 4.36. The molecule has 0 bridgehead atoms. The molecule has 1 aromatic carbocycles. The number of likely N-dealkylation sites (tertiary alicyclic amines) is 1. The summed E-state index contributed by atoms with van der Waals surface area (Å²) in [4.78, 5) is 53.7. The third kappa shape index (κ3) is 11.4. The Balaban J connectivity index is 1.33. The number of benzene rings is 1. The van der Waals surface area contributed by atoms with E-state index in [-0.39, 0.29) is 38.6 Å². The second kappa shape index (κ2) is 18.0. The third-order valence-corrected chi connectivity index (χ3v) is 6.50. The molecule has 1 saturated heterocycles. The first-order valence-corrected chi connectivity index (χ1v) is 14.0. The minimum atomic E-state index is -1.63. The molecule has 0 unspecified atom stereocenters. The van der Waals surface area contributed by atoms with Crippen LogP contribution >= 0.6 is 0 Å². The van der Waals surface area contributed by atoms with Gasteiger partial charge in [-0.25, -0.2) is 0 Å². The summed E-state index contributed by atoms with van der Waals surface area (Å²) < 4.78 is 21.5. The molecule has 0 saturated carbocycles. The van der Waals surface area contributed by atoms with E-state index < -0.39 is 30.8 Å². The third-order valence-electron chi connectivity index (χ3n) is 6.50. The summed E-state index contributed by atoms with van der Waals surface area (Å²) in [6, 6.07) is 6.40. The Morgan fingerprint density at radius 3 is 2.44 bits per heavy atom. The lowest BCUT2D eigenvalue weighted by Gasteiger charge is -2.24. The molecule has 2 aromatic rings. The molecule has 1 aliphatic heterocycles. The molecule has 2 heterocycles. The van der Waals surface area contributed by atoms with Crippen molar-refractivity contribution in [2.24, 2.45) is 5.73 Å². The van der Waals surface area contributed by atoms with E-state index in [1.165, 1.54) is 17.2 Å². The van der Waals surface area contributed by atoms with E-state index in [0.29, 0.717) is 74.6 Å². The van der Waals surface area contributed by atoms with Gasteiger partial charge in [-0.15, -0.1) is 0 Å². The Labute approximate surface area is 249 Å². The van der Waals surface area contributed by atoms with E-state index in [1.54, 1.807) is 18.2 Å². The molecule has 15 nitrogen and oxygen atoms in total. The van der Waals surface area contributed by atoms with Crippen LogP contribution in [0.25, 0.3) is 10.9 Å². The summed E-state index contributed by atoms with van der Waals surface area (Å²) in [6.45, 7) is 2.18. The minimum absolute atomic E-state index is 0.174. The first-order valence-electron chi connectivity index (χ1n) is 14.0. The van der Waals surface area contributed by atoms with E-state index in [9.17, 15) is 29.2 Å². The normalized spacial score (nSPS) is 14.5. The number of pyridine rings is 1. The number of hydrogen-bond donors (Lipinski definition) is 5. The SMILES string of the molecule is NC(=O)CCOCCOCCOCCNC(=O)COc1ccc2c(C(=O)NCC(=O)N3CCC[C@H]3B(O)O)ccnc2c1. The van der Waals surface area contributed by atoms with Gasteiger partial charge in [-0.2, -0.15) is 0 Å². The Morgan fingerprint density at radius 1 is 1.00 bits per heavy atom. The molecule has 1 aliphatic rings. The fourth-order valence-corrected chi connectivity index (χ4v) is 4.36. The molecule has 43 heavy (non-hydrogen) atoms. The zero-order chi connectivity index (χ0) is 31.0. The predicted molar refractivity (Wildman–Crippen MR) is 154 cm³/mol. The van der Waals surface area contributed by atoms with E-state index in [0.717, 1.165) is 0 Å². The topological polar surface area (TPSA) is 212 Å². The average Bonchev–Trinajstić information content (AvgIpc) is 3.49. The molecule has 1 atom stereocenters. The number of amides is 4. The van der Waals surface area contributed by atoms with Crippen molar-refractivity contribution in [3.63, 3.8) is 0 Å². The van der Waals surface area contributed by atoms with E-state index >= 15 is 0 Å². The zero-order valence-corrected chi connectivity index (χ0v) is 23.9. The summed E-state index contributed by atoms with van der Waals surface area (Å²) in [5.74, 6) is -1.91. The second-order valence-corrected chi connectivity index (χ2v) is 9.62. The van der Waals surface area contributed by atoms with Crippen LogP contribution in [0.4, 0.5) is 0 Å². The molecule has 0 radical (unpaired) electrons. The number of primary amides is 1. The number of aromatic nitrogens is 1. The summed E-state index contributed by atoms with van der Waals surface area (Å²) in [5.41, 5.74) is 5.78. The molecular formula is C27H38BN5O10. The molecule has 3 rings (SSSR count). The lowest BCUT2D eigenvalue weighted by atomic mass is 9.78. The second-order valence-electron chi connectivity index (χ2n) is 9.62. The van der Waals surface area contributed by atoms with Crippen LogP contribution < -0.4 is 21.1 Å². The van der Waals surface area contributed by atoms with Crippen molar-refractivity contribution in [2.45, 2.75) is 25.2 Å². The number of carbonyl (C=O) groups is 4. The summed E-state index contributed by atoms with van der Waals surface area (Å²) in [6.07, 6.45) is 2.78. The van der Waals surface area contributed by atoms with Crippen LogP contribution in [0.1, 0.15) is 29.6 Å². The number of nitrogens with zero attached hydrogens (tertiary/aromatic N) is 2. The Bertz CT molecular complexity index is 1230. The minimum Gasteiger partial charge on any atom is -0.484 e. The monoisotopic (exact) mass is 603 g/mol. The number of carbonyl (C=O) groups excluding carboxylic acids is 4. The van der Waals surface area contributed by atoms with Gasteiger partial charge in [0, 0.05) is 37.2 Å². The largest absolute Gasteiger partial charge is 0.484 e. The zero-order valence-electron chi connectivity index (χ0n) is 23.9. The van der Waals surface area contributed by atoms with Crippen LogP contribution in [0.2, 0.25) is 0 Å². The van der Waals surface area contributed by atoms with Crippen molar-refractivity contribution >= 4 is 41.7 Å². The highest BCUT2D eigenvalue weighted by atomic mass is 16.5. The van der Waals surface area contributed by atoms with Gasteiger partial charge < -0.3 is 50.3 Å². The van der Waals surface area contributed by atoms with Crippen LogP contribution in [0.3, 0.4) is 0 Å². The molecule has 0 spiro atoms. The maximum Gasteiger partial charge on any atom is 0.475 e. The van der Waals surface area contributed by atoms with E-state index in [2.05, 4.69) is 15.6 Å². The first kappa shape index (κ1) is 33.7. The quantitative estimate of drug-likeness (QED) is 0.0910. The molecule has 6 N–H and O–H groups in total. The van der Waals surface area contributed by atoms with Crippen molar-refractivity contribution in [2.75, 3.05) is 65.9 Å². The lowest BCUT2D eigenvalue weighted by molar-refractivity contribution is -0.130. The smallest absolute Gasteiger partial charge is 0.475 e. The van der Waals surface area contributed by atoms with Crippen molar-refractivity contribution in [1.29, 1.82) is 0 Å². The van der Waals surface area contributed by atoms with Crippen molar-refractivity contribution < 1.29 is 48.2 Å². The summed E-state index contributed by atoms with van der Waals surface area (Å²) in [7, 11) is -1.63. The van der Waals surface area contributed by atoms with Crippen LogP contribution in [0, 0.1) is 0 Å². The van der Waals surface area contributed by atoms with Crippen molar-refractivity contribution in [3.8, 4) is 5.75 Å². The van der Waals surface area contributed by atoms with Gasteiger partial charge >= 0.3 is 7.12 Å². The van der Waals surface area contributed by atoms with Gasteiger partial charge in [-0.1, -0.05) is 0 Å². The van der Waals surface area contributed by atoms with Crippen molar-refractivity contribution in [1.82, 2.24) is 20.5 Å². The van der Waals surface area contributed by atoms with Gasteiger partial charge in [0.25, 0.3) is 11.8 Å².